The summed E-state index contributed by atoms with van der Waals surface area (Å²) in [5.74, 6) is 5.48. The van der Waals surface area contributed by atoms with Crippen molar-refractivity contribution in [2.24, 2.45) is 0 Å². The maximum absolute atomic E-state index is 13.3. The van der Waals surface area contributed by atoms with Crippen molar-refractivity contribution in [3.8, 4) is 11.8 Å². The molecular formula is C28H41F3N6OS2. The summed E-state index contributed by atoms with van der Waals surface area (Å²) in [5, 5.41) is 6.58. The SMILES string of the molecule is CC.CCC.CCCCCC(CC)Nc1nccn2c(SC(F)(F)F)c(C#CCNC(=O)c3cnc(C)s3)nc12. The molecule has 3 heterocycles. The maximum Gasteiger partial charge on any atom is 0.447 e. The number of carbonyl (C=O) groups is 1. The van der Waals surface area contributed by atoms with Crippen LogP contribution in [0.1, 0.15) is 100 Å². The molecule has 1 amide bonds. The zero-order valence-electron chi connectivity index (χ0n) is 24.4. The first-order valence-electron chi connectivity index (χ1n) is 13.7. The molecule has 2 N–H and O–H groups in total. The van der Waals surface area contributed by atoms with E-state index in [1.54, 1.807) is 6.92 Å². The van der Waals surface area contributed by atoms with Crippen LogP contribution in [-0.2, 0) is 0 Å². The van der Waals surface area contributed by atoms with Crippen molar-refractivity contribution in [3.05, 3.63) is 34.2 Å². The minimum Gasteiger partial charge on any atom is -0.364 e. The van der Waals surface area contributed by atoms with E-state index >= 15 is 0 Å². The van der Waals surface area contributed by atoms with Gasteiger partial charge in [0.2, 0.25) is 0 Å². The molecule has 1 atom stereocenters. The molecule has 40 heavy (non-hydrogen) atoms. The number of halogens is 3. The number of nitrogens with one attached hydrogen (secondary N) is 2. The molecule has 3 rings (SSSR count). The van der Waals surface area contributed by atoms with Crippen molar-refractivity contribution >= 4 is 40.5 Å². The van der Waals surface area contributed by atoms with E-state index in [-0.39, 0.29) is 46.6 Å². The van der Waals surface area contributed by atoms with Gasteiger partial charge in [0, 0.05) is 30.2 Å². The van der Waals surface area contributed by atoms with E-state index in [1.807, 2.05) is 13.8 Å². The fraction of sp³-hybridized carbons (Fsp3) is 0.571. The van der Waals surface area contributed by atoms with Crippen molar-refractivity contribution in [1.82, 2.24) is 24.7 Å². The summed E-state index contributed by atoms with van der Waals surface area (Å²) in [6.07, 6.45) is 10.7. The Morgan fingerprint density at radius 2 is 1.88 bits per heavy atom. The van der Waals surface area contributed by atoms with Gasteiger partial charge in [-0.25, -0.2) is 15.0 Å². The Kier molecular flexibility index (Phi) is 16.3. The first-order valence-corrected chi connectivity index (χ1v) is 15.3. The summed E-state index contributed by atoms with van der Waals surface area (Å²) in [7, 11) is 0. The van der Waals surface area contributed by atoms with Crippen molar-refractivity contribution in [1.29, 1.82) is 0 Å². The highest BCUT2D eigenvalue weighted by molar-refractivity contribution is 8.00. The zero-order valence-corrected chi connectivity index (χ0v) is 26.0. The Labute approximate surface area is 244 Å². The Hall–Kier alpha value is -2.78. The summed E-state index contributed by atoms with van der Waals surface area (Å²) < 4.78 is 41.3. The lowest BCUT2D eigenvalue weighted by atomic mass is 10.1. The molecule has 0 saturated carbocycles. The molecule has 0 saturated heterocycles. The van der Waals surface area contributed by atoms with Gasteiger partial charge in [-0.2, -0.15) is 13.2 Å². The number of fused-ring (bicyclic) bond motifs is 1. The van der Waals surface area contributed by atoms with Crippen LogP contribution in [0.25, 0.3) is 5.65 Å². The largest absolute Gasteiger partial charge is 0.447 e. The third-order valence-corrected chi connectivity index (χ3v) is 6.82. The molecule has 0 aliphatic rings. The molecule has 0 fully saturated rings. The van der Waals surface area contributed by atoms with Crippen LogP contribution in [0.15, 0.2) is 23.6 Å². The van der Waals surface area contributed by atoms with Crippen molar-refractivity contribution in [2.75, 3.05) is 11.9 Å². The van der Waals surface area contributed by atoms with Crippen LogP contribution >= 0.6 is 23.1 Å². The minimum atomic E-state index is -4.52. The standard InChI is InChI=1S/C23H27F3N6OS2.C3H8.C2H6/c1-4-6-7-9-16(5-2)30-19-20-31-17(22(35-23(24,25)26)32(20)13-12-27-19)10-8-11-28-21(33)18-14-29-15(3)34-18;1-3-2;1-2/h12-14,16H,4-7,9,11H2,1-3H3,(H,27,30)(H,28,33);3H2,1-2H3;1-2H3. The molecule has 0 spiro atoms. The summed E-state index contributed by atoms with van der Waals surface area (Å²) in [6.45, 7) is 14.2. The molecule has 222 valence electrons. The van der Waals surface area contributed by atoms with Crippen LogP contribution in [0.3, 0.4) is 0 Å². The smallest absolute Gasteiger partial charge is 0.364 e. The lowest BCUT2D eigenvalue weighted by Crippen LogP contribution is -2.22. The number of nitrogens with zero attached hydrogens (tertiary/aromatic N) is 4. The molecule has 0 aromatic carbocycles. The number of carbonyl (C=O) groups excluding carboxylic acids is 1. The molecule has 3 aromatic heterocycles. The predicted molar refractivity (Wildman–Crippen MR) is 160 cm³/mol. The Bertz CT molecular complexity index is 1230. The second-order valence-electron chi connectivity index (χ2n) is 8.46. The molecule has 7 nitrogen and oxygen atoms in total. The number of unbranched alkanes of at least 4 members (excludes halogenated alkanes) is 2. The minimum absolute atomic E-state index is 0.0229. The predicted octanol–water partition coefficient (Wildman–Crippen LogP) is 8.10. The molecule has 0 aliphatic heterocycles. The lowest BCUT2D eigenvalue weighted by Gasteiger charge is -2.17. The van der Waals surface area contributed by atoms with E-state index in [0.717, 1.165) is 37.1 Å². The summed E-state index contributed by atoms with van der Waals surface area (Å²) in [6, 6.07) is 0.135. The molecule has 0 aliphatic carbocycles. The monoisotopic (exact) mass is 598 g/mol. The van der Waals surface area contributed by atoms with Gasteiger partial charge in [-0.3, -0.25) is 9.20 Å². The number of aromatic nitrogens is 4. The van der Waals surface area contributed by atoms with Gasteiger partial charge in [0.15, 0.2) is 11.5 Å². The number of aryl methyl sites for hydroxylation is 1. The molecule has 3 aromatic rings. The highest BCUT2D eigenvalue weighted by Gasteiger charge is 2.33. The first-order chi connectivity index (χ1) is 19.1. The van der Waals surface area contributed by atoms with Gasteiger partial charge in [0.1, 0.15) is 15.6 Å². The molecule has 0 radical (unpaired) electrons. The average molecular weight is 599 g/mol. The highest BCUT2D eigenvalue weighted by atomic mass is 32.2. The van der Waals surface area contributed by atoms with Gasteiger partial charge >= 0.3 is 5.51 Å². The normalized spacial score (nSPS) is 11.3. The van der Waals surface area contributed by atoms with Crippen LogP contribution in [0.2, 0.25) is 0 Å². The molecule has 12 heteroatoms. The van der Waals surface area contributed by atoms with Crippen molar-refractivity contribution in [3.63, 3.8) is 0 Å². The number of thioether (sulfide) groups is 1. The number of alkyl halides is 3. The van der Waals surface area contributed by atoms with Gasteiger partial charge in [-0.15, -0.1) is 11.3 Å². The maximum atomic E-state index is 13.3. The molecule has 0 bridgehead atoms. The van der Waals surface area contributed by atoms with Gasteiger partial charge < -0.3 is 10.6 Å². The summed E-state index contributed by atoms with van der Waals surface area (Å²) >= 11 is 0.973. The second kappa shape index (κ2) is 18.5. The Balaban J connectivity index is 0.00000150. The number of hydrogen-bond donors (Lipinski definition) is 2. The van der Waals surface area contributed by atoms with E-state index in [1.165, 1.54) is 40.7 Å². The number of anilines is 1. The van der Waals surface area contributed by atoms with Crippen LogP contribution in [-0.4, -0.2) is 43.4 Å². The van der Waals surface area contributed by atoms with Crippen molar-refractivity contribution < 1.29 is 18.0 Å². The third-order valence-electron chi connectivity index (χ3n) is 5.09. The van der Waals surface area contributed by atoms with E-state index < -0.39 is 5.51 Å². The van der Waals surface area contributed by atoms with Crippen LogP contribution in [0.5, 0.6) is 0 Å². The van der Waals surface area contributed by atoms with Crippen molar-refractivity contribution in [2.45, 2.75) is 104 Å². The summed E-state index contributed by atoms with van der Waals surface area (Å²) in [5.41, 5.74) is -4.26. The number of thiazole rings is 1. The number of imidazole rings is 1. The van der Waals surface area contributed by atoms with Gasteiger partial charge in [0.05, 0.1) is 17.7 Å². The number of amides is 1. The topological polar surface area (TPSA) is 84.2 Å². The first kappa shape index (κ1) is 35.2. The van der Waals surface area contributed by atoms with Crippen LogP contribution in [0, 0.1) is 18.8 Å². The Morgan fingerprint density at radius 1 is 1.18 bits per heavy atom. The van der Waals surface area contributed by atoms with E-state index in [0.29, 0.717) is 10.7 Å². The van der Waals surface area contributed by atoms with Gasteiger partial charge in [0.25, 0.3) is 5.91 Å². The van der Waals surface area contributed by atoms with Crippen LogP contribution in [0.4, 0.5) is 19.0 Å². The average Bonchev–Trinajstić information content (AvgIpc) is 3.51. The van der Waals surface area contributed by atoms with Gasteiger partial charge in [-0.1, -0.05) is 73.1 Å². The van der Waals surface area contributed by atoms with Gasteiger partial charge in [-0.05, 0) is 25.7 Å². The van der Waals surface area contributed by atoms with E-state index in [2.05, 4.69) is 65.1 Å². The summed E-state index contributed by atoms with van der Waals surface area (Å²) in [4.78, 5) is 25.3. The number of rotatable bonds is 10. The highest BCUT2D eigenvalue weighted by Crippen LogP contribution is 2.39. The van der Waals surface area contributed by atoms with Crippen LogP contribution < -0.4 is 10.6 Å². The fourth-order valence-corrected chi connectivity index (χ4v) is 4.72. The second-order valence-corrected chi connectivity index (χ2v) is 10.8. The Morgan fingerprint density at radius 3 is 2.45 bits per heavy atom. The van der Waals surface area contributed by atoms with E-state index in [4.69, 9.17) is 0 Å². The number of hydrogen-bond acceptors (Lipinski definition) is 7. The molecular weight excluding hydrogens is 557 g/mol. The fourth-order valence-electron chi connectivity index (χ4n) is 3.36. The molecule has 1 unspecified atom stereocenters. The quantitative estimate of drug-likeness (QED) is 0.139. The lowest BCUT2D eigenvalue weighted by molar-refractivity contribution is -0.0330. The zero-order chi connectivity index (χ0) is 30.1. The third kappa shape index (κ3) is 11.8. The van der Waals surface area contributed by atoms with E-state index in [9.17, 15) is 18.0 Å².